The van der Waals surface area contributed by atoms with Crippen molar-refractivity contribution in [1.29, 1.82) is 0 Å². The standard InChI is InChI=1S/C6H13N2O5P/c9-4-8(10)5-2-1-3-6(7-5)14(11,12)13/h4-7,10H,1-3H2,(H2,11,12,13). The summed E-state index contributed by atoms with van der Waals surface area (Å²) in [6, 6.07) is 0. The van der Waals surface area contributed by atoms with E-state index < -0.39 is 19.5 Å². The van der Waals surface area contributed by atoms with Gasteiger partial charge in [-0.25, -0.2) is 5.06 Å². The molecule has 1 saturated heterocycles. The maximum atomic E-state index is 10.9. The average molecular weight is 224 g/mol. The predicted molar refractivity (Wildman–Crippen MR) is 46.3 cm³/mol. The zero-order valence-corrected chi connectivity index (χ0v) is 8.30. The van der Waals surface area contributed by atoms with E-state index in [0.717, 1.165) is 0 Å². The highest BCUT2D eigenvalue weighted by Crippen LogP contribution is 2.43. The second-order valence-corrected chi connectivity index (χ2v) is 5.01. The Kier molecular flexibility index (Phi) is 3.63. The fraction of sp³-hybridized carbons (Fsp3) is 0.833. The Morgan fingerprint density at radius 3 is 2.57 bits per heavy atom. The van der Waals surface area contributed by atoms with Crippen LogP contribution in [-0.2, 0) is 9.36 Å². The van der Waals surface area contributed by atoms with E-state index in [9.17, 15) is 9.36 Å². The Bertz CT molecular complexity index is 255. The third-order valence-corrected chi connectivity index (χ3v) is 3.39. The number of hydrogen-bond donors (Lipinski definition) is 4. The zero-order chi connectivity index (χ0) is 10.8. The molecule has 1 aliphatic heterocycles. The third kappa shape index (κ3) is 2.76. The van der Waals surface area contributed by atoms with Gasteiger partial charge in [0.1, 0.15) is 11.9 Å². The van der Waals surface area contributed by atoms with Gasteiger partial charge in [0.2, 0.25) is 6.41 Å². The summed E-state index contributed by atoms with van der Waals surface area (Å²) < 4.78 is 10.9. The van der Waals surface area contributed by atoms with E-state index in [4.69, 9.17) is 15.0 Å². The molecule has 0 saturated carbocycles. The highest BCUT2D eigenvalue weighted by atomic mass is 31.2. The number of carbonyl (C=O) groups excluding carboxylic acids is 1. The van der Waals surface area contributed by atoms with Crippen molar-refractivity contribution >= 4 is 14.0 Å². The van der Waals surface area contributed by atoms with E-state index in [2.05, 4.69) is 5.32 Å². The van der Waals surface area contributed by atoms with Crippen LogP contribution in [0.2, 0.25) is 0 Å². The minimum absolute atomic E-state index is 0.208. The van der Waals surface area contributed by atoms with Gasteiger partial charge in [0.05, 0.1) is 0 Å². The van der Waals surface area contributed by atoms with Crippen LogP contribution in [0.15, 0.2) is 0 Å². The van der Waals surface area contributed by atoms with Crippen molar-refractivity contribution in [2.75, 3.05) is 0 Å². The van der Waals surface area contributed by atoms with E-state index >= 15 is 0 Å². The predicted octanol–water partition coefficient (Wildman–Crippen LogP) is -0.563. The van der Waals surface area contributed by atoms with Gasteiger partial charge < -0.3 is 9.79 Å². The normalized spacial score (nSPS) is 28.5. The van der Waals surface area contributed by atoms with Gasteiger partial charge in [-0.2, -0.15) is 0 Å². The van der Waals surface area contributed by atoms with Crippen LogP contribution in [0, 0.1) is 0 Å². The summed E-state index contributed by atoms with van der Waals surface area (Å²) in [5, 5.41) is 11.9. The molecular weight excluding hydrogens is 211 g/mol. The van der Waals surface area contributed by atoms with Crippen molar-refractivity contribution < 1.29 is 24.4 Å². The van der Waals surface area contributed by atoms with Crippen LogP contribution in [0.4, 0.5) is 0 Å². The second kappa shape index (κ2) is 4.37. The molecule has 14 heavy (non-hydrogen) atoms. The topological polar surface area (TPSA) is 110 Å². The number of hydrogen-bond acceptors (Lipinski definition) is 4. The molecule has 1 aliphatic rings. The van der Waals surface area contributed by atoms with Gasteiger partial charge in [0, 0.05) is 0 Å². The number of nitrogens with zero attached hydrogens (tertiary/aromatic N) is 1. The summed E-state index contributed by atoms with van der Waals surface area (Å²) in [5.74, 6) is -0.976. The van der Waals surface area contributed by atoms with Gasteiger partial charge in [0.15, 0.2) is 0 Å². The van der Waals surface area contributed by atoms with Gasteiger partial charge >= 0.3 is 7.60 Å². The van der Waals surface area contributed by atoms with E-state index in [1.54, 1.807) is 0 Å². The molecule has 0 bridgehead atoms. The van der Waals surface area contributed by atoms with Crippen molar-refractivity contribution in [2.24, 2.45) is 0 Å². The minimum Gasteiger partial charge on any atom is -0.323 e. The van der Waals surface area contributed by atoms with Crippen LogP contribution >= 0.6 is 7.60 Å². The Hall–Kier alpha value is -0.460. The molecule has 1 heterocycles. The lowest BCUT2D eigenvalue weighted by molar-refractivity contribution is -0.166. The number of piperidine rings is 1. The first-order valence-corrected chi connectivity index (χ1v) is 5.87. The van der Waals surface area contributed by atoms with Gasteiger partial charge in [-0.05, 0) is 19.3 Å². The summed E-state index contributed by atoms with van der Waals surface area (Å²) in [6.45, 7) is 0. The number of nitrogens with one attached hydrogen (secondary N) is 1. The number of carbonyl (C=O) groups is 1. The van der Waals surface area contributed by atoms with Gasteiger partial charge in [-0.1, -0.05) is 0 Å². The first-order chi connectivity index (χ1) is 6.45. The molecule has 82 valence electrons. The molecule has 0 spiro atoms. The average Bonchev–Trinajstić information content (AvgIpc) is 2.15. The number of hydroxylamine groups is 2. The fourth-order valence-corrected chi connectivity index (χ4v) is 2.33. The van der Waals surface area contributed by atoms with Crippen LogP contribution in [0.5, 0.6) is 0 Å². The van der Waals surface area contributed by atoms with E-state index in [0.29, 0.717) is 24.3 Å². The lowest BCUT2D eigenvalue weighted by Gasteiger charge is -2.33. The zero-order valence-electron chi connectivity index (χ0n) is 7.41. The molecule has 0 aromatic heterocycles. The number of amides is 1. The molecule has 2 atom stereocenters. The van der Waals surface area contributed by atoms with Gasteiger partial charge in [0.25, 0.3) is 0 Å². The first-order valence-electron chi connectivity index (χ1n) is 4.19. The van der Waals surface area contributed by atoms with Crippen molar-refractivity contribution in [2.45, 2.75) is 31.2 Å². The van der Waals surface area contributed by atoms with Gasteiger partial charge in [-0.3, -0.25) is 19.9 Å². The molecule has 0 aliphatic carbocycles. The summed E-state index contributed by atoms with van der Waals surface area (Å²) in [4.78, 5) is 28.0. The Morgan fingerprint density at radius 2 is 2.07 bits per heavy atom. The third-order valence-electron chi connectivity index (χ3n) is 2.17. The van der Waals surface area contributed by atoms with Crippen molar-refractivity contribution in [3.05, 3.63) is 0 Å². The monoisotopic (exact) mass is 224 g/mol. The fourth-order valence-electron chi connectivity index (χ4n) is 1.44. The molecule has 0 aromatic carbocycles. The van der Waals surface area contributed by atoms with Crippen LogP contribution in [0.25, 0.3) is 0 Å². The molecule has 0 radical (unpaired) electrons. The quantitative estimate of drug-likeness (QED) is 0.221. The Labute approximate surface area is 80.8 Å². The van der Waals surface area contributed by atoms with Crippen LogP contribution in [-0.4, -0.2) is 38.4 Å². The van der Waals surface area contributed by atoms with Crippen molar-refractivity contribution in [3.63, 3.8) is 0 Å². The van der Waals surface area contributed by atoms with E-state index in [1.165, 1.54) is 0 Å². The lowest BCUT2D eigenvalue weighted by atomic mass is 10.1. The molecule has 7 nitrogen and oxygen atoms in total. The summed E-state index contributed by atoms with van der Waals surface area (Å²) in [6.07, 6.45) is 0.871. The Morgan fingerprint density at radius 1 is 1.43 bits per heavy atom. The highest BCUT2D eigenvalue weighted by Gasteiger charge is 2.35. The second-order valence-electron chi connectivity index (χ2n) is 3.20. The molecule has 4 N–H and O–H groups in total. The molecule has 1 fully saturated rings. The van der Waals surface area contributed by atoms with Crippen LogP contribution in [0.3, 0.4) is 0 Å². The summed E-state index contributed by atoms with van der Waals surface area (Å²) in [5.41, 5.74) is 0. The SMILES string of the molecule is O=CN(O)C1CCCC(P(=O)(O)O)N1. The molecule has 1 rings (SSSR count). The van der Waals surface area contributed by atoms with Crippen LogP contribution in [0.1, 0.15) is 19.3 Å². The minimum atomic E-state index is -4.19. The van der Waals surface area contributed by atoms with Crippen molar-refractivity contribution in [1.82, 2.24) is 10.4 Å². The first kappa shape index (κ1) is 11.6. The summed E-state index contributed by atoms with van der Waals surface area (Å²) in [7, 11) is -4.19. The van der Waals surface area contributed by atoms with E-state index in [1.807, 2.05) is 0 Å². The maximum absolute atomic E-state index is 10.9. The molecular formula is C6H13N2O5P. The number of rotatable bonds is 3. The summed E-state index contributed by atoms with van der Waals surface area (Å²) >= 11 is 0. The molecule has 0 aromatic rings. The van der Waals surface area contributed by atoms with Gasteiger partial charge in [-0.15, -0.1) is 0 Å². The molecule has 2 unspecified atom stereocenters. The Balaban J connectivity index is 2.60. The molecule has 1 amide bonds. The smallest absolute Gasteiger partial charge is 0.323 e. The largest absolute Gasteiger partial charge is 0.342 e. The molecule has 8 heteroatoms. The van der Waals surface area contributed by atoms with Crippen LogP contribution < -0.4 is 5.32 Å². The van der Waals surface area contributed by atoms with Crippen molar-refractivity contribution in [3.8, 4) is 0 Å². The lowest BCUT2D eigenvalue weighted by Crippen LogP contribution is -2.50. The van der Waals surface area contributed by atoms with E-state index in [-0.39, 0.29) is 6.41 Å². The highest BCUT2D eigenvalue weighted by molar-refractivity contribution is 7.52. The maximum Gasteiger partial charge on any atom is 0.342 e.